The van der Waals surface area contributed by atoms with Crippen molar-refractivity contribution in [2.24, 2.45) is 5.92 Å². The second-order valence-electron chi connectivity index (χ2n) is 8.33. The van der Waals surface area contributed by atoms with Gasteiger partial charge in [0.25, 0.3) is 0 Å². The highest BCUT2D eigenvalue weighted by atomic mass is 35.5. The molecule has 3 aromatic rings. The van der Waals surface area contributed by atoms with E-state index in [1.807, 2.05) is 45.0 Å². The van der Waals surface area contributed by atoms with Gasteiger partial charge in [0.1, 0.15) is 5.60 Å². The van der Waals surface area contributed by atoms with Crippen molar-refractivity contribution in [1.29, 1.82) is 0 Å². The Kier molecular flexibility index (Phi) is 7.26. The van der Waals surface area contributed by atoms with Gasteiger partial charge in [-0.1, -0.05) is 66.7 Å². The Morgan fingerprint density at radius 3 is 2.70 bits per heavy atom. The molecular weight excluding hydrogens is 442 g/mol. The number of rotatable bonds is 7. The maximum atomic E-state index is 12.4. The van der Waals surface area contributed by atoms with Crippen LogP contribution in [0.4, 0.5) is 4.79 Å². The van der Waals surface area contributed by atoms with Gasteiger partial charge >= 0.3 is 6.09 Å². The number of alkyl carbamates (subject to hydrolysis) is 1. The number of hydrogen-bond acceptors (Lipinski definition) is 7. The first-order valence-electron chi connectivity index (χ1n) is 9.70. The van der Waals surface area contributed by atoms with E-state index in [2.05, 4.69) is 34.5 Å². The van der Waals surface area contributed by atoms with Crippen LogP contribution in [0.15, 0.2) is 28.6 Å². The van der Waals surface area contributed by atoms with Crippen molar-refractivity contribution >= 4 is 45.8 Å². The number of thioether (sulfide) groups is 1. The molecule has 0 saturated heterocycles. The average Bonchev–Trinajstić information content (AvgIpc) is 3.18. The smallest absolute Gasteiger partial charge is 0.408 e. The van der Waals surface area contributed by atoms with E-state index in [9.17, 15) is 4.79 Å². The summed E-state index contributed by atoms with van der Waals surface area (Å²) in [5, 5.41) is 16.9. The van der Waals surface area contributed by atoms with Gasteiger partial charge in [0.05, 0.1) is 6.04 Å². The minimum atomic E-state index is -0.574. The van der Waals surface area contributed by atoms with Gasteiger partial charge in [0, 0.05) is 10.8 Å². The Bertz CT molecular complexity index is 1010. The molecule has 0 saturated carbocycles. The monoisotopic (exact) mass is 467 g/mol. The van der Waals surface area contributed by atoms with E-state index in [1.165, 1.54) is 11.3 Å². The molecule has 0 bridgehead atoms. The number of fused-ring (bicyclic) bond motifs is 1. The fourth-order valence-electron chi connectivity index (χ4n) is 2.80. The van der Waals surface area contributed by atoms with Gasteiger partial charge in [0.2, 0.25) is 4.96 Å². The minimum Gasteiger partial charge on any atom is -0.444 e. The number of nitrogens with one attached hydrogen (secondary N) is 1. The highest BCUT2D eigenvalue weighted by molar-refractivity contribution is 8.00. The van der Waals surface area contributed by atoms with Crippen LogP contribution in [-0.2, 0) is 10.5 Å². The predicted molar refractivity (Wildman–Crippen MR) is 121 cm³/mol. The lowest BCUT2D eigenvalue weighted by atomic mass is 10.0. The maximum Gasteiger partial charge on any atom is 0.408 e. The summed E-state index contributed by atoms with van der Waals surface area (Å²) in [6.45, 7) is 9.69. The number of aromatic nitrogens is 4. The first-order chi connectivity index (χ1) is 14.1. The predicted octanol–water partition coefficient (Wildman–Crippen LogP) is 5.74. The van der Waals surface area contributed by atoms with Crippen molar-refractivity contribution < 1.29 is 9.53 Å². The number of halogens is 1. The summed E-state index contributed by atoms with van der Waals surface area (Å²) in [5.74, 6) is 1.65. The fourth-order valence-corrected chi connectivity index (χ4v) is 4.96. The lowest BCUT2D eigenvalue weighted by Gasteiger charge is -2.23. The topological polar surface area (TPSA) is 81.4 Å². The molecule has 0 spiro atoms. The zero-order chi connectivity index (χ0) is 21.9. The SMILES string of the molecule is CC(C)CC(NC(=O)OC(C)(C)C)c1nnc2sc(SCc3ccccc3Cl)nn12. The summed E-state index contributed by atoms with van der Waals surface area (Å²) in [5.41, 5.74) is 0.482. The molecule has 1 amide bonds. The molecule has 30 heavy (non-hydrogen) atoms. The molecule has 2 heterocycles. The molecule has 1 unspecified atom stereocenters. The van der Waals surface area contributed by atoms with E-state index < -0.39 is 11.7 Å². The summed E-state index contributed by atoms with van der Waals surface area (Å²) in [4.78, 5) is 13.0. The Morgan fingerprint density at radius 2 is 2.03 bits per heavy atom. The Balaban J connectivity index is 1.78. The van der Waals surface area contributed by atoms with Crippen molar-refractivity contribution in [3.8, 4) is 0 Å². The van der Waals surface area contributed by atoms with Crippen molar-refractivity contribution in [3.63, 3.8) is 0 Å². The van der Waals surface area contributed by atoms with Gasteiger partial charge in [0.15, 0.2) is 10.2 Å². The summed E-state index contributed by atoms with van der Waals surface area (Å²) >= 11 is 9.31. The first-order valence-corrected chi connectivity index (χ1v) is 11.9. The normalized spacial score (nSPS) is 13.0. The summed E-state index contributed by atoms with van der Waals surface area (Å²) < 4.78 is 8.00. The molecule has 0 radical (unpaired) electrons. The Hall–Kier alpha value is -1.84. The number of carbonyl (C=O) groups is 1. The molecule has 1 N–H and O–H groups in total. The highest BCUT2D eigenvalue weighted by Crippen LogP contribution is 2.31. The summed E-state index contributed by atoms with van der Waals surface area (Å²) in [6.07, 6.45) is 0.216. The van der Waals surface area contributed by atoms with Crippen molar-refractivity contribution in [2.45, 2.75) is 62.8 Å². The molecule has 0 aliphatic rings. The first kappa shape index (κ1) is 22.8. The van der Waals surface area contributed by atoms with Crippen LogP contribution in [0.1, 0.15) is 58.5 Å². The largest absolute Gasteiger partial charge is 0.444 e. The van der Waals surface area contributed by atoms with Gasteiger partial charge in [-0.3, -0.25) is 0 Å². The molecule has 1 aromatic carbocycles. The number of benzene rings is 1. The number of hydrogen-bond donors (Lipinski definition) is 1. The third-order valence-corrected chi connectivity index (χ3v) is 6.46. The van der Waals surface area contributed by atoms with Crippen LogP contribution < -0.4 is 5.32 Å². The minimum absolute atomic E-state index is 0.338. The molecule has 2 aromatic heterocycles. The van der Waals surface area contributed by atoms with Crippen LogP contribution in [0.3, 0.4) is 0 Å². The van der Waals surface area contributed by atoms with E-state index in [4.69, 9.17) is 16.3 Å². The molecule has 0 aliphatic heterocycles. The van der Waals surface area contributed by atoms with Crippen LogP contribution in [0.25, 0.3) is 4.96 Å². The van der Waals surface area contributed by atoms with Crippen LogP contribution in [0, 0.1) is 5.92 Å². The molecule has 0 fully saturated rings. The van der Waals surface area contributed by atoms with Gasteiger partial charge in [-0.15, -0.1) is 15.3 Å². The maximum absolute atomic E-state index is 12.4. The van der Waals surface area contributed by atoms with Crippen LogP contribution in [0.2, 0.25) is 5.02 Å². The third-order valence-electron chi connectivity index (χ3n) is 4.02. The third kappa shape index (κ3) is 6.09. The molecule has 10 heteroatoms. The van der Waals surface area contributed by atoms with Crippen LogP contribution in [0.5, 0.6) is 0 Å². The van der Waals surface area contributed by atoms with Crippen molar-refractivity contribution in [3.05, 3.63) is 40.7 Å². The lowest BCUT2D eigenvalue weighted by molar-refractivity contribution is 0.0494. The van der Waals surface area contributed by atoms with Crippen LogP contribution >= 0.6 is 34.7 Å². The average molecular weight is 468 g/mol. The van der Waals surface area contributed by atoms with Gasteiger partial charge in [-0.2, -0.15) is 4.52 Å². The molecular formula is C20H26ClN5O2S2. The van der Waals surface area contributed by atoms with E-state index in [1.54, 1.807) is 16.3 Å². The lowest BCUT2D eigenvalue weighted by Crippen LogP contribution is -2.36. The van der Waals surface area contributed by atoms with Crippen molar-refractivity contribution in [2.75, 3.05) is 0 Å². The second kappa shape index (κ2) is 9.53. The number of carbonyl (C=O) groups excluding carboxylic acids is 1. The van der Waals surface area contributed by atoms with E-state index in [0.29, 0.717) is 28.9 Å². The molecule has 0 aliphatic carbocycles. The fraction of sp³-hybridized carbons (Fsp3) is 0.500. The van der Waals surface area contributed by atoms with E-state index in [0.717, 1.165) is 14.9 Å². The zero-order valence-corrected chi connectivity index (χ0v) is 20.1. The summed E-state index contributed by atoms with van der Waals surface area (Å²) in [6, 6.07) is 7.42. The van der Waals surface area contributed by atoms with E-state index in [-0.39, 0.29) is 6.04 Å². The van der Waals surface area contributed by atoms with Gasteiger partial charge in [-0.25, -0.2) is 4.79 Å². The van der Waals surface area contributed by atoms with E-state index >= 15 is 0 Å². The Labute approximate surface area is 189 Å². The quantitative estimate of drug-likeness (QED) is 0.446. The number of nitrogens with zero attached hydrogens (tertiary/aromatic N) is 4. The highest BCUT2D eigenvalue weighted by Gasteiger charge is 2.26. The van der Waals surface area contributed by atoms with Gasteiger partial charge < -0.3 is 10.1 Å². The Morgan fingerprint density at radius 1 is 1.30 bits per heavy atom. The molecule has 7 nitrogen and oxygen atoms in total. The molecule has 1 atom stereocenters. The summed E-state index contributed by atoms with van der Waals surface area (Å²) in [7, 11) is 0. The second-order valence-corrected chi connectivity index (χ2v) is 10.9. The number of amides is 1. The van der Waals surface area contributed by atoms with Crippen molar-refractivity contribution in [1.82, 2.24) is 25.1 Å². The number of ether oxygens (including phenoxy) is 1. The standard InChI is InChI=1S/C20H26ClN5O2S2/c1-12(2)10-15(22-18(27)28-20(3,4)5)16-23-24-17-26(16)25-19(30-17)29-11-13-8-6-7-9-14(13)21/h6-9,12,15H,10-11H2,1-5H3,(H,22,27). The molecule has 3 rings (SSSR count). The van der Waals surface area contributed by atoms with Gasteiger partial charge in [-0.05, 0) is 44.7 Å². The van der Waals surface area contributed by atoms with Crippen LogP contribution in [-0.4, -0.2) is 31.5 Å². The molecule has 162 valence electrons. The zero-order valence-electron chi connectivity index (χ0n) is 17.7.